The normalized spacial score (nSPS) is 10.7. The molecule has 0 aliphatic heterocycles. The molecule has 0 atom stereocenters. The molecular formula is C19H24N6O2S. The van der Waals surface area contributed by atoms with E-state index in [9.17, 15) is 9.59 Å². The molecule has 1 aromatic carbocycles. The standard InChI is InChI=1S/C19H24N6O2S/c1-12(26)22-19-24-15(16(28-19)10-11-17(27)25(2)3)9-6-13-4-7-14(8-5-13)23-18(20)21/h4-5,7-8,10-11H,6,9H2,1-3H3,(H4,20,21,23)(H,22,24,26)/b11-10+. The van der Waals surface area contributed by atoms with Gasteiger partial charge >= 0.3 is 0 Å². The average Bonchev–Trinajstić information content (AvgIpc) is 2.99. The van der Waals surface area contributed by atoms with Crippen molar-refractivity contribution in [2.24, 2.45) is 16.5 Å². The molecule has 0 bridgehead atoms. The first-order valence-corrected chi connectivity index (χ1v) is 9.41. The second-order valence-corrected chi connectivity index (χ2v) is 7.31. The van der Waals surface area contributed by atoms with Gasteiger partial charge in [-0.1, -0.05) is 23.5 Å². The van der Waals surface area contributed by atoms with Crippen LogP contribution in [0.3, 0.4) is 0 Å². The predicted molar refractivity (Wildman–Crippen MR) is 113 cm³/mol. The summed E-state index contributed by atoms with van der Waals surface area (Å²) in [5.74, 6) is -0.282. The molecule has 5 N–H and O–H groups in total. The van der Waals surface area contributed by atoms with Gasteiger partial charge in [-0.25, -0.2) is 9.98 Å². The fourth-order valence-corrected chi connectivity index (χ4v) is 3.28. The fraction of sp³-hybridized carbons (Fsp3) is 0.263. The van der Waals surface area contributed by atoms with Crippen molar-refractivity contribution >= 4 is 46.0 Å². The van der Waals surface area contributed by atoms with E-state index in [2.05, 4.69) is 15.3 Å². The Morgan fingerprint density at radius 2 is 1.89 bits per heavy atom. The molecular weight excluding hydrogens is 376 g/mol. The second kappa shape index (κ2) is 9.65. The maximum absolute atomic E-state index is 11.8. The maximum Gasteiger partial charge on any atom is 0.246 e. The van der Waals surface area contributed by atoms with Crippen LogP contribution in [-0.2, 0) is 22.4 Å². The summed E-state index contributed by atoms with van der Waals surface area (Å²) in [7, 11) is 3.38. The summed E-state index contributed by atoms with van der Waals surface area (Å²) in [4.78, 5) is 34.0. The molecule has 1 aromatic heterocycles. The lowest BCUT2D eigenvalue weighted by atomic mass is 10.1. The van der Waals surface area contributed by atoms with Crippen LogP contribution < -0.4 is 16.8 Å². The number of aryl methyl sites for hydroxylation is 2. The first kappa shape index (κ1) is 21.1. The van der Waals surface area contributed by atoms with Crippen molar-refractivity contribution in [2.75, 3.05) is 19.4 Å². The molecule has 0 aliphatic rings. The van der Waals surface area contributed by atoms with Crippen molar-refractivity contribution in [3.63, 3.8) is 0 Å². The van der Waals surface area contributed by atoms with Crippen LogP contribution in [0.25, 0.3) is 6.08 Å². The molecule has 0 unspecified atom stereocenters. The summed E-state index contributed by atoms with van der Waals surface area (Å²) in [6, 6.07) is 7.59. The number of benzene rings is 1. The molecule has 2 amide bonds. The summed E-state index contributed by atoms with van der Waals surface area (Å²) in [6.45, 7) is 1.43. The third-order valence-corrected chi connectivity index (χ3v) is 4.65. The number of likely N-dealkylation sites (N-methyl/N-ethyl adjacent to an activating group) is 1. The van der Waals surface area contributed by atoms with Crippen molar-refractivity contribution in [3.05, 3.63) is 46.5 Å². The summed E-state index contributed by atoms with van der Waals surface area (Å²) < 4.78 is 0. The van der Waals surface area contributed by atoms with Crippen LogP contribution in [0.4, 0.5) is 10.8 Å². The van der Waals surface area contributed by atoms with E-state index in [1.165, 1.54) is 29.2 Å². The lowest BCUT2D eigenvalue weighted by Gasteiger charge is -2.05. The number of aliphatic imine (C=N–C) groups is 1. The van der Waals surface area contributed by atoms with Crippen LogP contribution in [0.2, 0.25) is 0 Å². The Labute approximate surface area is 168 Å². The van der Waals surface area contributed by atoms with E-state index in [0.717, 1.165) is 22.6 Å². The number of nitrogens with two attached hydrogens (primary N) is 2. The van der Waals surface area contributed by atoms with E-state index in [-0.39, 0.29) is 17.8 Å². The van der Waals surface area contributed by atoms with Crippen molar-refractivity contribution in [1.29, 1.82) is 0 Å². The van der Waals surface area contributed by atoms with Gasteiger partial charge in [0, 0.05) is 27.1 Å². The van der Waals surface area contributed by atoms with Crippen LogP contribution >= 0.6 is 11.3 Å². The smallest absolute Gasteiger partial charge is 0.246 e. The zero-order chi connectivity index (χ0) is 20.7. The predicted octanol–water partition coefficient (Wildman–Crippen LogP) is 1.89. The maximum atomic E-state index is 11.8. The SMILES string of the molecule is CC(=O)Nc1nc(CCc2ccc(N=C(N)N)cc2)c(/C=C/C(=O)N(C)C)s1. The molecule has 2 rings (SSSR count). The lowest BCUT2D eigenvalue weighted by Crippen LogP contribution is -2.21. The van der Waals surface area contributed by atoms with Crippen LogP contribution in [0.5, 0.6) is 0 Å². The van der Waals surface area contributed by atoms with Gasteiger partial charge in [0.25, 0.3) is 0 Å². The van der Waals surface area contributed by atoms with Gasteiger partial charge in [-0.3, -0.25) is 9.59 Å². The highest BCUT2D eigenvalue weighted by Crippen LogP contribution is 2.26. The highest BCUT2D eigenvalue weighted by molar-refractivity contribution is 7.16. The number of aromatic nitrogens is 1. The van der Waals surface area contributed by atoms with Crippen molar-refractivity contribution in [2.45, 2.75) is 19.8 Å². The Bertz CT molecular complexity index is 896. The summed E-state index contributed by atoms with van der Waals surface area (Å²) >= 11 is 1.34. The molecule has 0 radical (unpaired) electrons. The molecule has 0 saturated carbocycles. The number of guanidine groups is 1. The van der Waals surface area contributed by atoms with Gasteiger partial charge in [-0.2, -0.15) is 0 Å². The lowest BCUT2D eigenvalue weighted by molar-refractivity contribution is -0.123. The third kappa shape index (κ3) is 6.51. The summed E-state index contributed by atoms with van der Waals surface area (Å²) in [5.41, 5.74) is 13.4. The number of amides is 2. The molecule has 8 nitrogen and oxygen atoms in total. The molecule has 9 heteroatoms. The highest BCUT2D eigenvalue weighted by Gasteiger charge is 2.11. The molecule has 0 spiro atoms. The van der Waals surface area contributed by atoms with Gasteiger partial charge in [0.1, 0.15) is 0 Å². The van der Waals surface area contributed by atoms with Crippen LogP contribution in [0.15, 0.2) is 35.3 Å². The average molecular weight is 401 g/mol. The van der Waals surface area contributed by atoms with E-state index >= 15 is 0 Å². The largest absolute Gasteiger partial charge is 0.370 e. The van der Waals surface area contributed by atoms with E-state index < -0.39 is 0 Å². The molecule has 0 fully saturated rings. The summed E-state index contributed by atoms with van der Waals surface area (Å²) in [6.07, 6.45) is 4.64. The van der Waals surface area contributed by atoms with E-state index in [1.807, 2.05) is 24.3 Å². The second-order valence-electron chi connectivity index (χ2n) is 6.28. The third-order valence-electron chi connectivity index (χ3n) is 3.67. The quantitative estimate of drug-likeness (QED) is 0.372. The van der Waals surface area contributed by atoms with Gasteiger partial charge in [0.05, 0.1) is 16.3 Å². The number of thiazole rings is 1. The van der Waals surface area contributed by atoms with Crippen LogP contribution in [0, 0.1) is 0 Å². The number of anilines is 1. The molecule has 28 heavy (non-hydrogen) atoms. The minimum Gasteiger partial charge on any atom is -0.370 e. The number of hydrogen-bond acceptors (Lipinski definition) is 5. The molecule has 148 valence electrons. The molecule has 2 aromatic rings. The Balaban J connectivity index is 2.16. The minimum absolute atomic E-state index is 0.0180. The molecule has 1 heterocycles. The first-order valence-electron chi connectivity index (χ1n) is 8.60. The topological polar surface area (TPSA) is 127 Å². The highest BCUT2D eigenvalue weighted by atomic mass is 32.1. The number of hydrogen-bond donors (Lipinski definition) is 3. The Hall–Kier alpha value is -3.20. The van der Waals surface area contributed by atoms with Crippen molar-refractivity contribution in [1.82, 2.24) is 9.88 Å². The number of nitrogens with one attached hydrogen (secondary N) is 1. The zero-order valence-electron chi connectivity index (χ0n) is 16.1. The first-order chi connectivity index (χ1) is 13.2. The van der Waals surface area contributed by atoms with E-state index in [0.29, 0.717) is 17.2 Å². The van der Waals surface area contributed by atoms with Crippen LogP contribution in [0.1, 0.15) is 23.1 Å². The summed E-state index contributed by atoms with van der Waals surface area (Å²) in [5, 5.41) is 3.22. The molecule has 0 aliphatic carbocycles. The van der Waals surface area contributed by atoms with Gasteiger partial charge in [-0.15, -0.1) is 0 Å². The van der Waals surface area contributed by atoms with Crippen LogP contribution in [-0.4, -0.2) is 41.8 Å². The van der Waals surface area contributed by atoms with Crippen molar-refractivity contribution in [3.8, 4) is 0 Å². The number of carbonyl (C=O) groups excluding carboxylic acids is 2. The van der Waals surface area contributed by atoms with Gasteiger partial charge in [0.15, 0.2) is 11.1 Å². The molecule has 0 saturated heterocycles. The zero-order valence-corrected chi connectivity index (χ0v) is 16.9. The minimum atomic E-state index is -0.185. The van der Waals surface area contributed by atoms with Gasteiger partial charge in [-0.05, 0) is 36.6 Å². The van der Waals surface area contributed by atoms with Crippen molar-refractivity contribution < 1.29 is 9.59 Å². The van der Waals surface area contributed by atoms with Gasteiger partial charge < -0.3 is 21.7 Å². The van der Waals surface area contributed by atoms with E-state index in [1.54, 1.807) is 20.2 Å². The number of nitrogens with zero attached hydrogens (tertiary/aromatic N) is 3. The Kier molecular flexibility index (Phi) is 7.28. The fourth-order valence-electron chi connectivity index (χ4n) is 2.32. The Morgan fingerprint density at radius 3 is 2.46 bits per heavy atom. The monoisotopic (exact) mass is 400 g/mol. The number of carbonyl (C=O) groups is 2. The Morgan fingerprint density at radius 1 is 1.21 bits per heavy atom. The number of rotatable bonds is 7. The van der Waals surface area contributed by atoms with E-state index in [4.69, 9.17) is 11.5 Å². The van der Waals surface area contributed by atoms with Gasteiger partial charge in [0.2, 0.25) is 11.8 Å².